The molecule has 4 N–H and O–H groups in total. The number of fused-ring (bicyclic) bond motifs is 1. The topological polar surface area (TPSA) is 117 Å². The number of hydrogen-bond acceptors (Lipinski definition) is 5. The van der Waals surface area contributed by atoms with Gasteiger partial charge in [0, 0.05) is 18.3 Å². The molecule has 0 fully saturated rings. The second-order valence-electron chi connectivity index (χ2n) is 5.48. The first-order valence-electron chi connectivity index (χ1n) is 7.42. The maximum Gasteiger partial charge on any atom is 0.279 e. The summed E-state index contributed by atoms with van der Waals surface area (Å²) in [5.41, 5.74) is 4.92. The molecule has 8 nitrogen and oxygen atoms in total. The van der Waals surface area contributed by atoms with Crippen LogP contribution in [0.2, 0.25) is 0 Å². The highest BCUT2D eigenvalue weighted by Gasteiger charge is 2.31. The third-order valence-corrected chi connectivity index (χ3v) is 4.86. The second-order valence-corrected chi connectivity index (χ2v) is 7.45. The van der Waals surface area contributed by atoms with Gasteiger partial charge in [0.1, 0.15) is 0 Å². The summed E-state index contributed by atoms with van der Waals surface area (Å²) in [5.74, 6) is -0.237. The predicted molar refractivity (Wildman–Crippen MR) is 104 cm³/mol. The molecule has 0 aromatic heterocycles. The predicted octanol–water partition coefficient (Wildman–Crippen LogP) is 1.00. The molecule has 0 aliphatic carbocycles. The number of thiocarbonyl (C=S) groups is 1. The Morgan fingerprint density at radius 2 is 1.81 bits per heavy atom. The molecule has 26 heavy (non-hydrogen) atoms. The first kappa shape index (κ1) is 18.0. The van der Waals surface area contributed by atoms with Gasteiger partial charge in [-0.25, -0.2) is 13.6 Å². The Hall–Kier alpha value is -2.82. The molecule has 0 atom stereocenters. The zero-order chi connectivity index (χ0) is 18.9. The van der Waals surface area contributed by atoms with E-state index < -0.39 is 10.0 Å². The van der Waals surface area contributed by atoms with E-state index in [9.17, 15) is 13.2 Å². The molecule has 0 saturated carbocycles. The highest BCUT2D eigenvalue weighted by Crippen LogP contribution is 2.27. The van der Waals surface area contributed by atoms with E-state index in [4.69, 9.17) is 17.4 Å². The number of primary sulfonamides is 1. The summed E-state index contributed by atoms with van der Waals surface area (Å²) < 4.78 is 22.5. The SMILES string of the molecule is CN1C(=O)/C(=N\NC(=S)Nc2ccc(S(N)(=O)=O)cc2)c2ccccc21. The van der Waals surface area contributed by atoms with Crippen molar-refractivity contribution >= 4 is 50.3 Å². The molecule has 2 aromatic carbocycles. The zero-order valence-corrected chi connectivity index (χ0v) is 15.3. The molecular formula is C16H15N5O3S2. The number of amides is 1. The van der Waals surface area contributed by atoms with Crippen LogP contribution in [-0.4, -0.2) is 32.2 Å². The van der Waals surface area contributed by atoms with Gasteiger partial charge in [-0.2, -0.15) is 5.10 Å². The maximum absolute atomic E-state index is 12.3. The van der Waals surface area contributed by atoms with Crippen LogP contribution in [0.5, 0.6) is 0 Å². The Balaban J connectivity index is 1.71. The van der Waals surface area contributed by atoms with Gasteiger partial charge < -0.3 is 10.2 Å². The van der Waals surface area contributed by atoms with Crippen molar-refractivity contribution in [2.24, 2.45) is 10.2 Å². The van der Waals surface area contributed by atoms with Crippen molar-refractivity contribution in [3.63, 3.8) is 0 Å². The average molecular weight is 389 g/mol. The molecule has 10 heteroatoms. The van der Waals surface area contributed by atoms with Crippen molar-refractivity contribution in [3.05, 3.63) is 54.1 Å². The lowest BCUT2D eigenvalue weighted by atomic mass is 10.1. The summed E-state index contributed by atoms with van der Waals surface area (Å²) >= 11 is 5.15. The number of rotatable bonds is 3. The molecule has 0 radical (unpaired) electrons. The molecule has 1 aliphatic rings. The van der Waals surface area contributed by atoms with Crippen LogP contribution in [0.3, 0.4) is 0 Å². The highest BCUT2D eigenvalue weighted by molar-refractivity contribution is 7.89. The summed E-state index contributed by atoms with van der Waals surface area (Å²) in [4.78, 5) is 13.8. The second kappa shape index (κ2) is 6.83. The molecule has 0 bridgehead atoms. The van der Waals surface area contributed by atoms with Crippen LogP contribution < -0.4 is 20.8 Å². The Bertz CT molecular complexity index is 1020. The van der Waals surface area contributed by atoms with E-state index in [2.05, 4.69) is 15.8 Å². The standard InChI is InChI=1S/C16H15N5O3S2/c1-21-13-5-3-2-4-12(13)14(15(21)22)19-20-16(25)18-10-6-8-11(9-7-10)26(17,23)24/h2-9H,1H3,(H2,17,23,24)(H2,18,20,25)/b19-14-. The van der Waals surface area contributed by atoms with Gasteiger partial charge in [0.2, 0.25) is 10.0 Å². The number of carbonyl (C=O) groups excluding carboxylic acids is 1. The number of nitrogens with one attached hydrogen (secondary N) is 2. The molecule has 2 aromatic rings. The molecule has 0 saturated heterocycles. The number of hydrazone groups is 1. The number of sulfonamides is 1. The third-order valence-electron chi connectivity index (χ3n) is 3.74. The fourth-order valence-electron chi connectivity index (χ4n) is 2.45. The number of likely N-dealkylation sites (N-methyl/N-ethyl adjacent to an activating group) is 1. The van der Waals surface area contributed by atoms with Gasteiger partial charge in [0.15, 0.2) is 10.8 Å². The summed E-state index contributed by atoms with van der Waals surface area (Å²) in [7, 11) is -2.08. The molecule has 1 heterocycles. The molecule has 3 rings (SSSR count). The van der Waals surface area contributed by atoms with Crippen LogP contribution in [0.25, 0.3) is 0 Å². The number of benzene rings is 2. The molecule has 0 spiro atoms. The van der Waals surface area contributed by atoms with Crippen LogP contribution in [0.15, 0.2) is 58.5 Å². The van der Waals surface area contributed by atoms with Crippen LogP contribution in [-0.2, 0) is 14.8 Å². The average Bonchev–Trinajstić information content (AvgIpc) is 2.84. The Labute approximate surface area is 155 Å². The number of anilines is 2. The van der Waals surface area contributed by atoms with Crippen molar-refractivity contribution in [1.29, 1.82) is 0 Å². The fourth-order valence-corrected chi connectivity index (χ4v) is 3.13. The quantitative estimate of drug-likeness (QED) is 0.533. The van der Waals surface area contributed by atoms with Crippen LogP contribution in [0, 0.1) is 0 Å². The smallest absolute Gasteiger partial charge is 0.279 e. The van der Waals surface area contributed by atoms with Gasteiger partial charge >= 0.3 is 0 Å². The number of nitrogens with two attached hydrogens (primary N) is 1. The molecule has 1 aliphatic heterocycles. The minimum absolute atomic E-state index is 0.00151. The first-order valence-corrected chi connectivity index (χ1v) is 9.38. The summed E-state index contributed by atoms with van der Waals surface area (Å²) in [5, 5.41) is 12.2. The largest absolute Gasteiger partial charge is 0.331 e. The lowest BCUT2D eigenvalue weighted by Crippen LogP contribution is -2.30. The zero-order valence-electron chi connectivity index (χ0n) is 13.6. The molecule has 1 amide bonds. The van der Waals surface area contributed by atoms with E-state index in [-0.39, 0.29) is 21.6 Å². The summed E-state index contributed by atoms with van der Waals surface area (Å²) in [6, 6.07) is 13.1. The lowest BCUT2D eigenvalue weighted by Gasteiger charge is -2.08. The van der Waals surface area contributed by atoms with Gasteiger partial charge in [-0.1, -0.05) is 18.2 Å². The highest BCUT2D eigenvalue weighted by atomic mass is 32.2. The fraction of sp³-hybridized carbons (Fsp3) is 0.0625. The van der Waals surface area contributed by atoms with Crippen molar-refractivity contribution in [1.82, 2.24) is 5.43 Å². The van der Waals surface area contributed by atoms with Gasteiger partial charge in [-0.15, -0.1) is 0 Å². The number of nitrogens with zero attached hydrogens (tertiary/aromatic N) is 2. The van der Waals surface area contributed by atoms with E-state index in [1.807, 2.05) is 18.2 Å². The van der Waals surface area contributed by atoms with Crippen molar-refractivity contribution in [2.45, 2.75) is 4.90 Å². The van der Waals surface area contributed by atoms with E-state index in [1.165, 1.54) is 29.2 Å². The monoisotopic (exact) mass is 389 g/mol. The minimum atomic E-state index is -3.75. The molecule has 0 unspecified atom stereocenters. The number of para-hydroxylation sites is 1. The van der Waals surface area contributed by atoms with E-state index in [0.717, 1.165) is 5.69 Å². The first-order chi connectivity index (χ1) is 12.3. The Kier molecular flexibility index (Phi) is 4.72. The van der Waals surface area contributed by atoms with Crippen molar-refractivity contribution in [3.8, 4) is 0 Å². The Morgan fingerprint density at radius 3 is 2.46 bits per heavy atom. The minimum Gasteiger partial charge on any atom is -0.331 e. The molecular weight excluding hydrogens is 374 g/mol. The van der Waals surface area contributed by atoms with Gasteiger partial charge in [0.05, 0.1) is 10.6 Å². The van der Waals surface area contributed by atoms with Crippen LogP contribution >= 0.6 is 12.2 Å². The van der Waals surface area contributed by atoms with Gasteiger partial charge in [-0.3, -0.25) is 10.2 Å². The van der Waals surface area contributed by atoms with Crippen molar-refractivity contribution < 1.29 is 13.2 Å². The number of hydrogen-bond donors (Lipinski definition) is 3. The van der Waals surface area contributed by atoms with Gasteiger partial charge in [-0.05, 0) is 42.5 Å². The van der Waals surface area contributed by atoms with Gasteiger partial charge in [0.25, 0.3) is 5.91 Å². The van der Waals surface area contributed by atoms with Crippen molar-refractivity contribution in [2.75, 3.05) is 17.3 Å². The summed E-state index contributed by atoms with van der Waals surface area (Å²) in [6.45, 7) is 0. The molecule has 134 valence electrons. The van der Waals surface area contributed by atoms with Crippen LogP contribution in [0.1, 0.15) is 5.56 Å². The van der Waals surface area contributed by atoms with E-state index in [1.54, 1.807) is 13.1 Å². The van der Waals surface area contributed by atoms with Crippen LogP contribution in [0.4, 0.5) is 11.4 Å². The van der Waals surface area contributed by atoms with E-state index in [0.29, 0.717) is 11.3 Å². The maximum atomic E-state index is 12.3. The normalized spacial score (nSPS) is 15.1. The third kappa shape index (κ3) is 3.57. The number of carbonyl (C=O) groups is 1. The Morgan fingerprint density at radius 1 is 1.15 bits per heavy atom. The summed E-state index contributed by atoms with van der Waals surface area (Å²) in [6.07, 6.45) is 0. The lowest BCUT2D eigenvalue weighted by molar-refractivity contribution is -0.111. The van der Waals surface area contributed by atoms with E-state index >= 15 is 0 Å².